The second kappa shape index (κ2) is 5.64. The summed E-state index contributed by atoms with van der Waals surface area (Å²) in [4.78, 5) is 17.1. The average Bonchev–Trinajstić information content (AvgIpc) is 2.77. The van der Waals surface area contributed by atoms with Crippen molar-refractivity contribution < 1.29 is 27.8 Å². The number of hydrogen-bond acceptors (Lipinski definition) is 4. The summed E-state index contributed by atoms with van der Waals surface area (Å²) in [6.07, 6.45) is -4.92. The average molecular weight is 359 g/mol. The molecule has 0 fully saturated rings. The van der Waals surface area contributed by atoms with Gasteiger partial charge < -0.3 is 9.84 Å². The quantitative estimate of drug-likeness (QED) is 0.835. The number of alkyl halides is 3. The zero-order chi connectivity index (χ0) is 17.6. The molecule has 0 bridgehead atoms. The Labute approximate surface area is 139 Å². The molecule has 9 heteroatoms. The summed E-state index contributed by atoms with van der Waals surface area (Å²) in [5, 5.41) is 10.1. The first-order chi connectivity index (χ1) is 11.2. The van der Waals surface area contributed by atoms with Crippen LogP contribution >= 0.6 is 11.6 Å². The highest BCUT2D eigenvalue weighted by molar-refractivity contribution is 6.30. The summed E-state index contributed by atoms with van der Waals surface area (Å²) in [5.41, 5.74) is -0.849. The molecule has 0 saturated heterocycles. The normalized spacial score (nSPS) is 17.2. The van der Waals surface area contributed by atoms with E-state index in [-0.39, 0.29) is 27.8 Å². The number of carbonyl (C=O) groups excluding carboxylic acids is 1. The van der Waals surface area contributed by atoms with Crippen molar-refractivity contribution in [3.63, 3.8) is 0 Å². The fraction of sp³-hybridized carbons (Fsp3) is 0.200. The van der Waals surface area contributed by atoms with Gasteiger partial charge in [-0.3, -0.25) is 9.69 Å². The molecule has 1 N–H and O–H groups in total. The number of methoxy groups -OCH3 is 1. The van der Waals surface area contributed by atoms with Crippen LogP contribution in [-0.2, 0) is 11.0 Å². The number of hydrogen-bond donors (Lipinski definition) is 1. The molecule has 0 saturated carbocycles. The van der Waals surface area contributed by atoms with Crippen molar-refractivity contribution in [2.75, 3.05) is 12.0 Å². The molecule has 2 aromatic rings. The van der Waals surface area contributed by atoms with Gasteiger partial charge in [-0.25, -0.2) is 4.98 Å². The van der Waals surface area contributed by atoms with Crippen molar-refractivity contribution in [2.45, 2.75) is 12.3 Å². The van der Waals surface area contributed by atoms with Gasteiger partial charge in [0.2, 0.25) is 0 Å². The summed E-state index contributed by atoms with van der Waals surface area (Å²) >= 11 is 5.82. The Kier molecular flexibility index (Phi) is 3.89. The predicted molar refractivity (Wildman–Crippen MR) is 79.3 cm³/mol. The minimum Gasteiger partial charge on any atom is -0.493 e. The van der Waals surface area contributed by atoms with E-state index in [4.69, 9.17) is 16.3 Å². The SMILES string of the molecule is COc1cnc(Cl)cc1N1C(=O)C(O)c2ccc(C(F)(F)F)cc21. The van der Waals surface area contributed by atoms with E-state index in [0.29, 0.717) is 0 Å². The molecule has 24 heavy (non-hydrogen) atoms. The van der Waals surface area contributed by atoms with Crippen molar-refractivity contribution >= 4 is 28.9 Å². The predicted octanol–water partition coefficient (Wildman–Crippen LogP) is 3.47. The lowest BCUT2D eigenvalue weighted by Gasteiger charge is -2.21. The molecule has 1 aromatic carbocycles. The Morgan fingerprint density at radius 2 is 2.00 bits per heavy atom. The molecule has 2 heterocycles. The maximum absolute atomic E-state index is 13.0. The first-order valence-electron chi connectivity index (χ1n) is 6.66. The smallest absolute Gasteiger partial charge is 0.416 e. The topological polar surface area (TPSA) is 62.7 Å². The molecule has 1 aliphatic heterocycles. The molecule has 1 amide bonds. The summed E-state index contributed by atoms with van der Waals surface area (Å²) in [5.74, 6) is -0.671. The van der Waals surface area contributed by atoms with Gasteiger partial charge in [0.25, 0.3) is 5.91 Å². The van der Waals surface area contributed by atoms with Crippen molar-refractivity contribution in [3.05, 3.63) is 46.7 Å². The van der Waals surface area contributed by atoms with E-state index in [1.807, 2.05) is 0 Å². The molecule has 1 aromatic heterocycles. The Balaban J connectivity index is 2.22. The number of ether oxygens (including phenoxy) is 1. The van der Waals surface area contributed by atoms with Crippen molar-refractivity contribution in [1.29, 1.82) is 0 Å². The number of carbonyl (C=O) groups is 1. The second-order valence-electron chi connectivity index (χ2n) is 5.03. The first-order valence-corrected chi connectivity index (χ1v) is 7.04. The molecule has 126 valence electrons. The molecule has 5 nitrogen and oxygen atoms in total. The van der Waals surface area contributed by atoms with Gasteiger partial charge in [0, 0.05) is 11.6 Å². The zero-order valence-corrected chi connectivity index (χ0v) is 12.9. The van der Waals surface area contributed by atoms with Gasteiger partial charge in [0.05, 0.1) is 30.2 Å². The number of amides is 1. The summed E-state index contributed by atoms with van der Waals surface area (Å²) < 4.78 is 44.0. The lowest BCUT2D eigenvalue weighted by molar-refractivity contribution is -0.137. The summed E-state index contributed by atoms with van der Waals surface area (Å²) in [6.45, 7) is 0. The Morgan fingerprint density at radius 3 is 2.62 bits per heavy atom. The van der Waals surface area contributed by atoms with E-state index in [0.717, 1.165) is 23.1 Å². The number of halogens is 4. The molecule has 1 unspecified atom stereocenters. The Morgan fingerprint density at radius 1 is 1.29 bits per heavy atom. The molecular formula is C15H10ClF3N2O3. The second-order valence-corrected chi connectivity index (χ2v) is 5.41. The molecule has 0 spiro atoms. The fourth-order valence-corrected chi connectivity index (χ4v) is 2.66. The highest BCUT2D eigenvalue weighted by Crippen LogP contribution is 2.46. The van der Waals surface area contributed by atoms with Gasteiger partial charge >= 0.3 is 6.18 Å². The standard InChI is InChI=1S/C15H10ClF3N2O3/c1-24-11-6-20-12(16)5-10(11)21-9-4-7(15(17,18)19)2-3-8(9)13(22)14(21)23/h2-6,13,22H,1H3. The van der Waals surface area contributed by atoms with Crippen LogP contribution in [0.2, 0.25) is 5.15 Å². The van der Waals surface area contributed by atoms with Crippen LogP contribution in [0.5, 0.6) is 5.75 Å². The number of aliphatic hydroxyl groups is 1. The van der Waals surface area contributed by atoms with Gasteiger partial charge in [-0.1, -0.05) is 17.7 Å². The number of pyridine rings is 1. The van der Waals surface area contributed by atoms with Crippen molar-refractivity contribution in [3.8, 4) is 5.75 Å². The number of anilines is 2. The summed E-state index contributed by atoms with van der Waals surface area (Å²) in [6, 6.07) is 3.98. The lowest BCUT2D eigenvalue weighted by atomic mass is 10.1. The molecule has 3 rings (SSSR count). The highest BCUT2D eigenvalue weighted by atomic mass is 35.5. The van der Waals surface area contributed by atoms with E-state index < -0.39 is 23.8 Å². The third kappa shape index (κ3) is 2.57. The minimum atomic E-state index is -4.59. The number of nitrogens with zero attached hydrogens (tertiary/aromatic N) is 2. The van der Waals surface area contributed by atoms with Gasteiger partial charge in [-0.05, 0) is 12.1 Å². The Hall–Kier alpha value is -2.32. The first kappa shape index (κ1) is 16.5. The zero-order valence-electron chi connectivity index (χ0n) is 12.1. The number of fused-ring (bicyclic) bond motifs is 1. The van der Waals surface area contributed by atoms with Crippen LogP contribution in [-0.4, -0.2) is 23.1 Å². The molecular weight excluding hydrogens is 349 g/mol. The van der Waals surface area contributed by atoms with Crippen LogP contribution in [0.15, 0.2) is 30.5 Å². The van der Waals surface area contributed by atoms with Crippen LogP contribution in [0, 0.1) is 0 Å². The summed E-state index contributed by atoms with van der Waals surface area (Å²) in [7, 11) is 1.32. The monoisotopic (exact) mass is 358 g/mol. The van der Waals surface area contributed by atoms with E-state index >= 15 is 0 Å². The molecule has 1 atom stereocenters. The molecule has 0 aliphatic carbocycles. The molecule has 0 radical (unpaired) electrons. The van der Waals surface area contributed by atoms with E-state index in [2.05, 4.69) is 4.98 Å². The third-order valence-corrected chi connectivity index (χ3v) is 3.83. The van der Waals surface area contributed by atoms with E-state index in [9.17, 15) is 23.1 Å². The molecule has 1 aliphatic rings. The van der Waals surface area contributed by atoms with Crippen LogP contribution < -0.4 is 9.64 Å². The maximum atomic E-state index is 13.0. The number of aromatic nitrogens is 1. The lowest BCUT2D eigenvalue weighted by Crippen LogP contribution is -2.24. The van der Waals surface area contributed by atoms with Crippen molar-refractivity contribution in [1.82, 2.24) is 4.98 Å². The van der Waals surface area contributed by atoms with E-state index in [1.54, 1.807) is 0 Å². The highest BCUT2D eigenvalue weighted by Gasteiger charge is 2.41. The number of rotatable bonds is 2. The van der Waals surface area contributed by atoms with Gasteiger partial charge in [-0.2, -0.15) is 13.2 Å². The van der Waals surface area contributed by atoms with E-state index in [1.165, 1.54) is 19.4 Å². The number of benzene rings is 1. The third-order valence-electron chi connectivity index (χ3n) is 3.62. The van der Waals surface area contributed by atoms with Crippen LogP contribution in [0.3, 0.4) is 0 Å². The van der Waals surface area contributed by atoms with Crippen LogP contribution in [0.25, 0.3) is 0 Å². The van der Waals surface area contributed by atoms with Gasteiger partial charge in [0.15, 0.2) is 11.9 Å². The largest absolute Gasteiger partial charge is 0.493 e. The number of aliphatic hydroxyl groups excluding tert-OH is 1. The van der Waals surface area contributed by atoms with Crippen molar-refractivity contribution in [2.24, 2.45) is 0 Å². The maximum Gasteiger partial charge on any atom is 0.416 e. The van der Waals surface area contributed by atoms with Crippen LogP contribution in [0.1, 0.15) is 17.2 Å². The van der Waals surface area contributed by atoms with Gasteiger partial charge in [-0.15, -0.1) is 0 Å². The Bertz CT molecular complexity index is 826. The van der Waals surface area contributed by atoms with Gasteiger partial charge in [0.1, 0.15) is 5.15 Å². The fourth-order valence-electron chi connectivity index (χ4n) is 2.51. The minimum absolute atomic E-state index is 0.0218. The van der Waals surface area contributed by atoms with Crippen LogP contribution in [0.4, 0.5) is 24.5 Å².